The second-order valence-electron chi connectivity index (χ2n) is 4.96. The van der Waals surface area contributed by atoms with Crippen molar-refractivity contribution in [3.63, 3.8) is 0 Å². The van der Waals surface area contributed by atoms with Crippen molar-refractivity contribution < 1.29 is 17.6 Å². The normalized spacial score (nSPS) is 12.2. The lowest BCUT2D eigenvalue weighted by Crippen LogP contribution is -2.05. The van der Waals surface area contributed by atoms with Crippen LogP contribution >= 0.6 is 0 Å². The molecule has 0 aliphatic rings. The first-order valence-corrected chi connectivity index (χ1v) is 6.39. The Balaban J connectivity index is 2.57. The molecular formula is C14H15F4N3. The minimum Gasteiger partial charge on any atom is -0.328 e. The summed E-state index contributed by atoms with van der Waals surface area (Å²) in [7, 11) is 0. The SMILES string of the molecule is CC(C)n1cc(C(F)(F)F)nc1-c1ccc(CN)c(F)c1. The molecule has 1 aromatic carbocycles. The zero-order valence-electron chi connectivity index (χ0n) is 11.6. The Kier molecular flexibility index (Phi) is 4.04. The molecule has 0 aliphatic carbocycles. The maximum atomic E-state index is 13.8. The van der Waals surface area contributed by atoms with Gasteiger partial charge in [-0.2, -0.15) is 13.2 Å². The van der Waals surface area contributed by atoms with Crippen molar-refractivity contribution in [1.29, 1.82) is 0 Å². The van der Waals surface area contributed by atoms with Crippen LogP contribution < -0.4 is 5.73 Å². The highest BCUT2D eigenvalue weighted by Gasteiger charge is 2.35. The van der Waals surface area contributed by atoms with Gasteiger partial charge in [-0.05, 0) is 19.9 Å². The number of nitrogens with zero attached hydrogens (tertiary/aromatic N) is 2. The molecule has 0 unspecified atom stereocenters. The van der Waals surface area contributed by atoms with Crippen LogP contribution in [0.3, 0.4) is 0 Å². The van der Waals surface area contributed by atoms with Gasteiger partial charge in [-0.15, -0.1) is 0 Å². The van der Waals surface area contributed by atoms with Crippen molar-refractivity contribution in [2.24, 2.45) is 5.73 Å². The summed E-state index contributed by atoms with van der Waals surface area (Å²) in [5.41, 5.74) is 4.97. The fraction of sp³-hybridized carbons (Fsp3) is 0.357. The number of imidazole rings is 1. The first kappa shape index (κ1) is 15.5. The highest BCUT2D eigenvalue weighted by molar-refractivity contribution is 5.57. The number of rotatable bonds is 3. The molecule has 114 valence electrons. The van der Waals surface area contributed by atoms with Gasteiger partial charge in [0.2, 0.25) is 0 Å². The van der Waals surface area contributed by atoms with E-state index in [1.165, 1.54) is 16.7 Å². The highest BCUT2D eigenvalue weighted by atomic mass is 19.4. The van der Waals surface area contributed by atoms with Gasteiger partial charge < -0.3 is 10.3 Å². The third-order valence-corrected chi connectivity index (χ3v) is 3.11. The largest absolute Gasteiger partial charge is 0.434 e. The molecule has 1 heterocycles. The van der Waals surface area contributed by atoms with E-state index in [1.54, 1.807) is 13.8 Å². The zero-order chi connectivity index (χ0) is 15.8. The number of hydrogen-bond donors (Lipinski definition) is 1. The van der Waals surface area contributed by atoms with Crippen molar-refractivity contribution in [3.8, 4) is 11.4 Å². The van der Waals surface area contributed by atoms with Gasteiger partial charge in [0, 0.05) is 29.9 Å². The summed E-state index contributed by atoms with van der Waals surface area (Å²) in [6.45, 7) is 3.49. The molecule has 0 amide bonds. The molecule has 0 aliphatic heterocycles. The van der Waals surface area contributed by atoms with E-state index in [1.807, 2.05) is 0 Å². The van der Waals surface area contributed by atoms with E-state index in [2.05, 4.69) is 4.98 Å². The van der Waals surface area contributed by atoms with Gasteiger partial charge in [-0.25, -0.2) is 9.37 Å². The summed E-state index contributed by atoms with van der Waals surface area (Å²) in [6.07, 6.45) is -3.60. The van der Waals surface area contributed by atoms with Gasteiger partial charge >= 0.3 is 6.18 Å². The maximum Gasteiger partial charge on any atom is 0.434 e. The van der Waals surface area contributed by atoms with E-state index in [0.29, 0.717) is 5.56 Å². The van der Waals surface area contributed by atoms with Gasteiger partial charge in [-0.1, -0.05) is 12.1 Å². The minimum atomic E-state index is -4.54. The Hall–Kier alpha value is -1.89. The molecule has 0 spiro atoms. The molecule has 0 fully saturated rings. The average Bonchev–Trinajstić information content (AvgIpc) is 2.83. The Labute approximate surface area is 119 Å². The lowest BCUT2D eigenvalue weighted by molar-refractivity contribution is -0.140. The highest BCUT2D eigenvalue weighted by Crippen LogP contribution is 2.32. The topological polar surface area (TPSA) is 43.8 Å². The quantitative estimate of drug-likeness (QED) is 0.878. The summed E-state index contributed by atoms with van der Waals surface area (Å²) in [5.74, 6) is -0.471. The van der Waals surface area contributed by atoms with Crippen LogP contribution in [0.4, 0.5) is 17.6 Å². The number of alkyl halides is 3. The average molecular weight is 301 g/mol. The molecule has 3 nitrogen and oxygen atoms in total. The Morgan fingerprint density at radius 2 is 1.95 bits per heavy atom. The molecule has 0 saturated heterocycles. The zero-order valence-corrected chi connectivity index (χ0v) is 11.6. The van der Waals surface area contributed by atoms with Crippen molar-refractivity contribution in [3.05, 3.63) is 41.5 Å². The molecule has 0 bridgehead atoms. The first-order valence-electron chi connectivity index (χ1n) is 6.39. The fourth-order valence-corrected chi connectivity index (χ4v) is 1.99. The lowest BCUT2D eigenvalue weighted by Gasteiger charge is -2.11. The van der Waals surface area contributed by atoms with Gasteiger partial charge in [0.1, 0.15) is 11.6 Å². The van der Waals surface area contributed by atoms with E-state index in [0.717, 1.165) is 12.3 Å². The van der Waals surface area contributed by atoms with Crippen LogP contribution in [0.5, 0.6) is 0 Å². The Morgan fingerprint density at radius 3 is 2.43 bits per heavy atom. The first-order chi connectivity index (χ1) is 9.74. The summed E-state index contributed by atoms with van der Waals surface area (Å²) in [6, 6.07) is 3.90. The third-order valence-electron chi connectivity index (χ3n) is 3.11. The summed E-state index contributed by atoms with van der Waals surface area (Å²) in [5, 5.41) is 0. The van der Waals surface area contributed by atoms with Crippen LogP contribution in [0.1, 0.15) is 31.1 Å². The molecule has 1 aromatic heterocycles. The van der Waals surface area contributed by atoms with E-state index in [9.17, 15) is 17.6 Å². The maximum absolute atomic E-state index is 13.8. The Morgan fingerprint density at radius 1 is 1.29 bits per heavy atom. The van der Waals surface area contributed by atoms with Crippen LogP contribution in [0.2, 0.25) is 0 Å². The predicted octanol–water partition coefficient (Wildman–Crippen LogP) is 3.75. The van der Waals surface area contributed by atoms with Gasteiger partial charge in [0.05, 0.1) is 0 Å². The number of hydrogen-bond acceptors (Lipinski definition) is 2. The molecule has 7 heteroatoms. The van der Waals surface area contributed by atoms with Crippen molar-refractivity contribution in [1.82, 2.24) is 9.55 Å². The number of aromatic nitrogens is 2. The van der Waals surface area contributed by atoms with Crippen molar-refractivity contribution in [2.75, 3.05) is 0 Å². The standard InChI is InChI=1S/C14H15F4N3/c1-8(2)21-7-12(14(16,17)18)20-13(21)9-3-4-10(6-19)11(15)5-9/h3-5,7-8H,6,19H2,1-2H3. The van der Waals surface area contributed by atoms with Gasteiger partial charge in [0.15, 0.2) is 5.69 Å². The van der Waals surface area contributed by atoms with Crippen LogP contribution in [0.15, 0.2) is 24.4 Å². The van der Waals surface area contributed by atoms with Crippen molar-refractivity contribution >= 4 is 0 Å². The van der Waals surface area contributed by atoms with Crippen LogP contribution in [-0.2, 0) is 12.7 Å². The number of benzene rings is 1. The molecule has 2 N–H and O–H groups in total. The third kappa shape index (κ3) is 3.07. The monoisotopic (exact) mass is 301 g/mol. The molecule has 2 rings (SSSR count). The molecule has 2 aromatic rings. The minimum absolute atomic E-state index is 0.0263. The predicted molar refractivity (Wildman–Crippen MR) is 70.9 cm³/mol. The van der Waals surface area contributed by atoms with Crippen LogP contribution in [-0.4, -0.2) is 9.55 Å². The summed E-state index contributed by atoms with van der Waals surface area (Å²) in [4.78, 5) is 3.61. The molecular weight excluding hydrogens is 286 g/mol. The fourth-order valence-electron chi connectivity index (χ4n) is 1.99. The van der Waals surface area contributed by atoms with Crippen LogP contribution in [0.25, 0.3) is 11.4 Å². The van der Waals surface area contributed by atoms with Gasteiger partial charge in [-0.3, -0.25) is 0 Å². The Bertz CT molecular complexity index is 644. The summed E-state index contributed by atoms with van der Waals surface area (Å²) < 4.78 is 53.5. The molecule has 0 atom stereocenters. The second kappa shape index (κ2) is 5.48. The lowest BCUT2D eigenvalue weighted by atomic mass is 10.1. The summed E-state index contributed by atoms with van der Waals surface area (Å²) >= 11 is 0. The van der Waals surface area contributed by atoms with Crippen LogP contribution in [0, 0.1) is 5.82 Å². The van der Waals surface area contributed by atoms with Gasteiger partial charge in [0.25, 0.3) is 0 Å². The molecule has 0 saturated carbocycles. The number of nitrogens with two attached hydrogens (primary N) is 1. The molecule has 21 heavy (non-hydrogen) atoms. The van der Waals surface area contributed by atoms with E-state index in [-0.39, 0.29) is 24.0 Å². The van der Waals surface area contributed by atoms with E-state index in [4.69, 9.17) is 5.73 Å². The van der Waals surface area contributed by atoms with Crippen molar-refractivity contribution in [2.45, 2.75) is 32.6 Å². The second-order valence-corrected chi connectivity index (χ2v) is 4.96. The number of halogens is 4. The van der Waals surface area contributed by atoms with E-state index < -0.39 is 17.7 Å². The smallest absolute Gasteiger partial charge is 0.328 e. The van der Waals surface area contributed by atoms with E-state index >= 15 is 0 Å². The molecule has 0 radical (unpaired) electrons.